The number of aldehydes is 1. The Morgan fingerprint density at radius 2 is 0.900 bits per heavy atom. The number of phosphoric ester groups is 1. The Labute approximate surface area is 235 Å². The summed E-state index contributed by atoms with van der Waals surface area (Å²) >= 11 is 0. The van der Waals surface area contributed by atoms with Gasteiger partial charge in [0.05, 0.1) is 33.0 Å². The van der Waals surface area contributed by atoms with Gasteiger partial charge in [0.1, 0.15) is 12.2 Å². The second-order valence-corrected chi connectivity index (χ2v) is 10.7. The van der Waals surface area contributed by atoms with E-state index >= 15 is 0 Å². The van der Waals surface area contributed by atoms with Gasteiger partial charge in [-0.1, -0.05) is 121 Å². The van der Waals surface area contributed by atoms with Crippen LogP contribution in [0.2, 0.25) is 0 Å². The molecule has 0 unspecified atom stereocenters. The van der Waals surface area contributed by atoms with Gasteiger partial charge in [0.25, 0.3) is 0 Å². The normalized spacial score (nSPS) is 13.0. The summed E-state index contributed by atoms with van der Waals surface area (Å²) in [6.07, 6.45) is -1.20. The Balaban J connectivity index is 1.47. The van der Waals surface area contributed by atoms with Crippen molar-refractivity contribution in [3.8, 4) is 0 Å². The first-order valence-electron chi connectivity index (χ1n) is 13.0. The van der Waals surface area contributed by atoms with E-state index in [1.54, 1.807) is 0 Å². The Kier molecular flexibility index (Phi) is 11.8. The number of hydrogen-bond acceptors (Lipinski definition) is 7. The number of phosphoric acid groups is 1. The Bertz CT molecular complexity index is 1260. The average Bonchev–Trinajstić information content (AvgIpc) is 3.02. The maximum atomic E-state index is 13.8. The standard InChI is InChI=1S/C32H33O7P/c33-21-31(35-22-27-13-5-1-6-14-27)32(36-23-28-15-7-2-8-16-28)26-39-40(34,37-24-29-17-9-3-10-18-29)38-25-30-19-11-4-12-20-30/h1-21,31-32H,22-26H2/t31-,32-/m1/s1. The van der Waals surface area contributed by atoms with Crippen LogP contribution in [-0.4, -0.2) is 25.1 Å². The van der Waals surface area contributed by atoms with Gasteiger partial charge in [-0.2, -0.15) is 0 Å². The van der Waals surface area contributed by atoms with E-state index in [4.69, 9.17) is 23.0 Å². The van der Waals surface area contributed by atoms with Crippen LogP contribution in [0.5, 0.6) is 0 Å². The zero-order chi connectivity index (χ0) is 27.9. The van der Waals surface area contributed by atoms with Crippen molar-refractivity contribution in [1.82, 2.24) is 0 Å². The molecule has 0 saturated heterocycles. The highest BCUT2D eigenvalue weighted by Gasteiger charge is 2.32. The molecular weight excluding hydrogens is 527 g/mol. The molecule has 0 amide bonds. The van der Waals surface area contributed by atoms with Crippen LogP contribution in [-0.2, 0) is 58.8 Å². The van der Waals surface area contributed by atoms with Crippen molar-refractivity contribution in [3.63, 3.8) is 0 Å². The molecule has 4 rings (SSSR count). The van der Waals surface area contributed by atoms with Crippen LogP contribution in [0.4, 0.5) is 0 Å². The van der Waals surface area contributed by atoms with Crippen molar-refractivity contribution in [3.05, 3.63) is 144 Å². The van der Waals surface area contributed by atoms with Crippen molar-refractivity contribution < 1.29 is 32.4 Å². The molecule has 0 fully saturated rings. The van der Waals surface area contributed by atoms with Crippen molar-refractivity contribution in [2.75, 3.05) is 6.61 Å². The maximum Gasteiger partial charge on any atom is 0.475 e. The van der Waals surface area contributed by atoms with Crippen molar-refractivity contribution >= 4 is 14.1 Å². The summed E-state index contributed by atoms with van der Waals surface area (Å²) in [6.45, 7) is 0.177. The van der Waals surface area contributed by atoms with Gasteiger partial charge in [0.15, 0.2) is 6.29 Å². The SMILES string of the molecule is O=C[C@@H](OCc1ccccc1)[C@@H](COP(=O)(OCc1ccccc1)OCc1ccccc1)OCc1ccccc1. The monoisotopic (exact) mass is 560 g/mol. The van der Waals surface area contributed by atoms with Gasteiger partial charge in [-0.05, 0) is 22.3 Å². The molecule has 0 aliphatic rings. The van der Waals surface area contributed by atoms with Crippen LogP contribution in [0.1, 0.15) is 22.3 Å². The molecular formula is C32H33O7P. The third-order valence-electron chi connectivity index (χ3n) is 5.95. The number of rotatable bonds is 17. The minimum Gasteiger partial charge on any atom is -0.368 e. The molecule has 4 aromatic carbocycles. The lowest BCUT2D eigenvalue weighted by atomic mass is 10.2. The minimum atomic E-state index is -4.08. The summed E-state index contributed by atoms with van der Waals surface area (Å²) in [5, 5.41) is 0. The molecule has 0 heterocycles. The molecule has 8 heteroatoms. The fourth-order valence-electron chi connectivity index (χ4n) is 3.75. The molecule has 0 aromatic heterocycles. The first kappa shape index (κ1) is 29.6. The molecule has 0 aliphatic heterocycles. The summed E-state index contributed by atoms with van der Waals surface area (Å²) in [5.74, 6) is 0. The fourth-order valence-corrected chi connectivity index (χ4v) is 4.92. The summed E-state index contributed by atoms with van der Waals surface area (Å²) in [5.41, 5.74) is 3.43. The van der Waals surface area contributed by atoms with Crippen molar-refractivity contribution in [2.45, 2.75) is 38.6 Å². The predicted octanol–water partition coefficient (Wildman–Crippen LogP) is 6.91. The van der Waals surface area contributed by atoms with Gasteiger partial charge in [-0.3, -0.25) is 13.6 Å². The second-order valence-electron chi connectivity index (χ2n) is 8.99. The summed E-state index contributed by atoms with van der Waals surface area (Å²) in [7, 11) is -4.08. The quantitative estimate of drug-likeness (QED) is 0.103. The van der Waals surface area contributed by atoms with E-state index in [9.17, 15) is 9.36 Å². The van der Waals surface area contributed by atoms with Crippen LogP contribution in [0.25, 0.3) is 0 Å². The van der Waals surface area contributed by atoms with Gasteiger partial charge < -0.3 is 14.3 Å². The van der Waals surface area contributed by atoms with Crippen molar-refractivity contribution in [1.29, 1.82) is 0 Å². The van der Waals surface area contributed by atoms with Gasteiger partial charge in [-0.15, -0.1) is 0 Å². The van der Waals surface area contributed by atoms with Gasteiger partial charge >= 0.3 is 7.82 Å². The van der Waals surface area contributed by atoms with Crippen molar-refractivity contribution in [2.24, 2.45) is 0 Å². The maximum absolute atomic E-state index is 13.8. The molecule has 0 aliphatic carbocycles. The number of benzene rings is 4. The van der Waals surface area contributed by atoms with Crippen LogP contribution < -0.4 is 0 Å². The van der Waals surface area contributed by atoms with Crippen LogP contribution in [0, 0.1) is 0 Å². The molecule has 0 N–H and O–H groups in total. The lowest BCUT2D eigenvalue weighted by Gasteiger charge is -2.26. The third-order valence-corrected chi connectivity index (χ3v) is 7.31. The number of ether oxygens (including phenoxy) is 2. The van der Waals surface area contributed by atoms with E-state index in [-0.39, 0.29) is 33.0 Å². The highest BCUT2D eigenvalue weighted by atomic mass is 31.2. The van der Waals surface area contributed by atoms with E-state index in [0.717, 1.165) is 22.3 Å². The molecule has 2 atom stereocenters. The topological polar surface area (TPSA) is 80.3 Å². The smallest absolute Gasteiger partial charge is 0.368 e. The summed E-state index contributed by atoms with van der Waals surface area (Å²) in [6, 6.07) is 37.7. The van der Waals surface area contributed by atoms with Gasteiger partial charge in [0, 0.05) is 0 Å². The van der Waals surface area contributed by atoms with E-state index in [0.29, 0.717) is 6.29 Å². The lowest BCUT2D eigenvalue weighted by Crippen LogP contribution is -2.36. The molecule has 7 nitrogen and oxygen atoms in total. The molecule has 0 spiro atoms. The van der Waals surface area contributed by atoms with E-state index < -0.39 is 20.0 Å². The second kappa shape index (κ2) is 16.0. The minimum absolute atomic E-state index is 0.0179. The van der Waals surface area contributed by atoms with Gasteiger partial charge in [0.2, 0.25) is 0 Å². The van der Waals surface area contributed by atoms with E-state index in [1.165, 1.54) is 0 Å². The van der Waals surface area contributed by atoms with Crippen LogP contribution in [0.3, 0.4) is 0 Å². The Morgan fingerprint density at radius 1 is 0.525 bits per heavy atom. The van der Waals surface area contributed by atoms with Crippen LogP contribution in [0.15, 0.2) is 121 Å². The van der Waals surface area contributed by atoms with Crippen LogP contribution >= 0.6 is 7.82 Å². The number of carbonyl (C=O) groups excluding carboxylic acids is 1. The summed E-state index contributed by atoms with van der Waals surface area (Å²) < 4.78 is 43.0. The first-order chi connectivity index (χ1) is 19.6. The van der Waals surface area contributed by atoms with E-state index in [2.05, 4.69) is 0 Å². The highest BCUT2D eigenvalue weighted by Crippen LogP contribution is 2.51. The Hall–Kier alpha value is -3.42. The van der Waals surface area contributed by atoms with Gasteiger partial charge in [-0.25, -0.2) is 4.57 Å². The molecule has 0 radical (unpaired) electrons. The third kappa shape index (κ3) is 9.96. The summed E-state index contributed by atoms with van der Waals surface area (Å²) in [4.78, 5) is 12.1. The highest BCUT2D eigenvalue weighted by molar-refractivity contribution is 7.48. The molecule has 40 heavy (non-hydrogen) atoms. The Morgan fingerprint density at radius 3 is 1.30 bits per heavy atom. The number of hydrogen-bond donors (Lipinski definition) is 0. The zero-order valence-electron chi connectivity index (χ0n) is 22.1. The lowest BCUT2D eigenvalue weighted by molar-refractivity contribution is -0.137. The molecule has 4 aromatic rings. The average molecular weight is 561 g/mol. The fraction of sp³-hybridized carbons (Fsp3) is 0.219. The van der Waals surface area contributed by atoms with E-state index in [1.807, 2.05) is 121 Å². The molecule has 0 bridgehead atoms. The molecule has 208 valence electrons. The first-order valence-corrected chi connectivity index (χ1v) is 14.5. The number of carbonyl (C=O) groups is 1. The largest absolute Gasteiger partial charge is 0.475 e. The zero-order valence-corrected chi connectivity index (χ0v) is 23.0. The molecule has 0 saturated carbocycles. The predicted molar refractivity (Wildman–Crippen MR) is 152 cm³/mol.